The van der Waals surface area contributed by atoms with Crippen molar-refractivity contribution in [2.75, 3.05) is 26.3 Å². The molecule has 1 aliphatic heterocycles. The van der Waals surface area contributed by atoms with Gasteiger partial charge in [-0.1, -0.05) is 47.5 Å². The van der Waals surface area contributed by atoms with Gasteiger partial charge in [-0.05, 0) is 24.1 Å². The van der Waals surface area contributed by atoms with E-state index < -0.39 is 18.0 Å². The van der Waals surface area contributed by atoms with Gasteiger partial charge in [0.1, 0.15) is 0 Å². The third-order valence-electron chi connectivity index (χ3n) is 4.62. The smallest absolute Gasteiger partial charge is 0.378 e. The zero-order valence-corrected chi connectivity index (χ0v) is 14.9. The molecular formula is C18H18Cl2F3NO. The number of ether oxygens (including phenoxy) is 1. The van der Waals surface area contributed by atoms with Gasteiger partial charge in [-0.2, -0.15) is 13.2 Å². The molecule has 2 atom stereocenters. The molecule has 7 heteroatoms. The Hall–Kier alpha value is -1.17. The molecule has 25 heavy (non-hydrogen) atoms. The minimum Gasteiger partial charge on any atom is -0.378 e. The van der Waals surface area contributed by atoms with Gasteiger partial charge in [-0.15, -0.1) is 0 Å². The molecule has 1 aromatic carbocycles. The highest BCUT2D eigenvalue weighted by atomic mass is 35.5. The second kappa shape index (κ2) is 7.60. The Morgan fingerprint density at radius 3 is 2.56 bits per heavy atom. The zero-order chi connectivity index (χ0) is 18.0. The van der Waals surface area contributed by atoms with Crippen LogP contribution in [0.3, 0.4) is 0 Å². The molecule has 0 bridgehead atoms. The normalized spacial score (nSPS) is 24.4. The number of alkyl halides is 3. The SMILES string of the molecule is FC(F)(F)C1C=CC=C(N2CCOCC2)C1Cc1cccc(Cl)c1Cl. The molecule has 1 saturated heterocycles. The Bertz CT molecular complexity index is 681. The number of hydrogen-bond acceptors (Lipinski definition) is 2. The van der Waals surface area contributed by atoms with Crippen molar-refractivity contribution in [3.8, 4) is 0 Å². The molecule has 0 aromatic heterocycles. The monoisotopic (exact) mass is 391 g/mol. The Morgan fingerprint density at radius 2 is 1.88 bits per heavy atom. The van der Waals surface area contributed by atoms with Gasteiger partial charge in [0.05, 0.1) is 29.2 Å². The molecule has 1 heterocycles. The lowest BCUT2D eigenvalue weighted by atomic mass is 9.80. The van der Waals surface area contributed by atoms with Gasteiger partial charge >= 0.3 is 6.18 Å². The number of morpholine rings is 1. The van der Waals surface area contributed by atoms with E-state index >= 15 is 0 Å². The maximum Gasteiger partial charge on any atom is 0.395 e. The number of allylic oxidation sites excluding steroid dienone is 4. The Kier molecular flexibility index (Phi) is 5.66. The van der Waals surface area contributed by atoms with E-state index in [2.05, 4.69) is 0 Å². The highest BCUT2D eigenvalue weighted by Crippen LogP contribution is 2.42. The van der Waals surface area contributed by atoms with Gasteiger partial charge < -0.3 is 9.64 Å². The van der Waals surface area contributed by atoms with Crippen LogP contribution in [0.4, 0.5) is 13.2 Å². The van der Waals surface area contributed by atoms with Crippen molar-refractivity contribution in [1.29, 1.82) is 0 Å². The van der Waals surface area contributed by atoms with E-state index in [0.29, 0.717) is 47.6 Å². The fourth-order valence-corrected chi connectivity index (χ4v) is 3.79. The predicted molar refractivity (Wildman–Crippen MR) is 92.8 cm³/mol. The minimum atomic E-state index is -4.32. The van der Waals surface area contributed by atoms with Crippen molar-refractivity contribution in [1.82, 2.24) is 4.90 Å². The second-order valence-corrected chi connectivity index (χ2v) is 6.95. The fourth-order valence-electron chi connectivity index (χ4n) is 3.39. The highest BCUT2D eigenvalue weighted by Gasteiger charge is 2.46. The number of benzene rings is 1. The first kappa shape index (κ1) is 18.6. The van der Waals surface area contributed by atoms with Crippen molar-refractivity contribution in [2.24, 2.45) is 11.8 Å². The number of hydrogen-bond donors (Lipinski definition) is 0. The van der Waals surface area contributed by atoms with Gasteiger partial charge in [0.2, 0.25) is 0 Å². The molecule has 1 fully saturated rings. The van der Waals surface area contributed by atoms with E-state index in [1.165, 1.54) is 12.2 Å². The summed E-state index contributed by atoms with van der Waals surface area (Å²) in [6.07, 6.45) is 0.359. The number of nitrogens with zero attached hydrogens (tertiary/aromatic N) is 1. The van der Waals surface area contributed by atoms with E-state index in [9.17, 15) is 13.2 Å². The Balaban J connectivity index is 1.94. The molecule has 2 nitrogen and oxygen atoms in total. The standard InChI is InChI=1S/C18H18Cl2F3NO/c19-15-5-1-3-12(17(15)20)11-13-14(18(21,22)23)4-2-6-16(13)24-7-9-25-10-8-24/h1-6,13-14H,7-11H2. The van der Waals surface area contributed by atoms with E-state index in [1.807, 2.05) is 4.90 Å². The zero-order valence-electron chi connectivity index (χ0n) is 13.4. The van der Waals surface area contributed by atoms with Crippen molar-refractivity contribution < 1.29 is 17.9 Å². The molecule has 2 unspecified atom stereocenters. The van der Waals surface area contributed by atoms with E-state index in [4.69, 9.17) is 27.9 Å². The maximum atomic E-state index is 13.6. The van der Waals surface area contributed by atoms with Crippen LogP contribution < -0.4 is 0 Å². The molecule has 0 spiro atoms. The predicted octanol–water partition coefficient (Wildman–Crippen LogP) is 5.12. The van der Waals surface area contributed by atoms with Crippen LogP contribution in [-0.4, -0.2) is 37.4 Å². The van der Waals surface area contributed by atoms with Crippen LogP contribution in [0.25, 0.3) is 0 Å². The molecule has 136 valence electrons. The van der Waals surface area contributed by atoms with Gasteiger partial charge in [-0.3, -0.25) is 0 Å². The van der Waals surface area contributed by atoms with Crippen LogP contribution >= 0.6 is 23.2 Å². The molecule has 0 amide bonds. The maximum absolute atomic E-state index is 13.6. The summed E-state index contributed by atoms with van der Waals surface area (Å²) in [6.45, 7) is 2.21. The third kappa shape index (κ3) is 4.15. The quantitative estimate of drug-likeness (QED) is 0.709. The van der Waals surface area contributed by atoms with Gasteiger partial charge in [-0.25, -0.2) is 0 Å². The molecule has 2 aliphatic rings. The number of rotatable bonds is 3. The van der Waals surface area contributed by atoms with Crippen LogP contribution in [0.2, 0.25) is 10.0 Å². The second-order valence-electron chi connectivity index (χ2n) is 6.17. The largest absolute Gasteiger partial charge is 0.395 e. The van der Waals surface area contributed by atoms with Crippen LogP contribution in [0.15, 0.2) is 42.1 Å². The van der Waals surface area contributed by atoms with Crippen LogP contribution in [0.1, 0.15) is 5.56 Å². The fraction of sp³-hybridized carbons (Fsp3) is 0.444. The average molecular weight is 392 g/mol. The minimum absolute atomic E-state index is 0.178. The molecular weight excluding hydrogens is 374 g/mol. The summed E-state index contributed by atoms with van der Waals surface area (Å²) in [5, 5.41) is 0.673. The van der Waals surface area contributed by atoms with Crippen molar-refractivity contribution in [2.45, 2.75) is 12.6 Å². The first-order valence-electron chi connectivity index (χ1n) is 8.08. The lowest BCUT2D eigenvalue weighted by Crippen LogP contribution is -2.43. The highest BCUT2D eigenvalue weighted by molar-refractivity contribution is 6.42. The number of halogens is 5. The van der Waals surface area contributed by atoms with Crippen LogP contribution in [0.5, 0.6) is 0 Å². The topological polar surface area (TPSA) is 12.5 Å². The van der Waals surface area contributed by atoms with Crippen LogP contribution in [0, 0.1) is 11.8 Å². The van der Waals surface area contributed by atoms with Gasteiger partial charge in [0, 0.05) is 24.7 Å². The molecule has 0 radical (unpaired) electrons. The summed E-state index contributed by atoms with van der Waals surface area (Å²) < 4.78 is 46.2. The molecule has 1 aromatic rings. The summed E-state index contributed by atoms with van der Waals surface area (Å²) >= 11 is 12.3. The van der Waals surface area contributed by atoms with Gasteiger partial charge in [0.25, 0.3) is 0 Å². The molecule has 0 saturated carbocycles. The van der Waals surface area contributed by atoms with E-state index in [0.717, 1.165) is 0 Å². The lowest BCUT2D eigenvalue weighted by Gasteiger charge is -2.39. The summed E-state index contributed by atoms with van der Waals surface area (Å²) in [4.78, 5) is 1.98. The first-order chi connectivity index (χ1) is 11.9. The molecule has 3 rings (SSSR count). The molecule has 0 N–H and O–H groups in total. The summed E-state index contributed by atoms with van der Waals surface area (Å²) in [5.74, 6) is -2.29. The van der Waals surface area contributed by atoms with Crippen molar-refractivity contribution >= 4 is 23.2 Å². The van der Waals surface area contributed by atoms with Crippen LogP contribution in [-0.2, 0) is 11.2 Å². The summed E-state index contributed by atoms with van der Waals surface area (Å²) in [5.41, 5.74) is 1.31. The Morgan fingerprint density at radius 1 is 1.16 bits per heavy atom. The molecule has 1 aliphatic carbocycles. The van der Waals surface area contributed by atoms with Crippen molar-refractivity contribution in [3.63, 3.8) is 0 Å². The summed E-state index contributed by atoms with van der Waals surface area (Å²) in [7, 11) is 0. The van der Waals surface area contributed by atoms with Crippen molar-refractivity contribution in [3.05, 3.63) is 57.7 Å². The Labute approximate surface area is 154 Å². The van der Waals surface area contributed by atoms with E-state index in [-0.39, 0.29) is 6.42 Å². The average Bonchev–Trinajstić information content (AvgIpc) is 2.59. The lowest BCUT2D eigenvalue weighted by molar-refractivity contribution is -0.173. The van der Waals surface area contributed by atoms with Gasteiger partial charge in [0.15, 0.2) is 0 Å². The summed E-state index contributed by atoms with van der Waals surface area (Å²) in [6, 6.07) is 5.08. The first-order valence-corrected chi connectivity index (χ1v) is 8.84. The third-order valence-corrected chi connectivity index (χ3v) is 5.48. The van der Waals surface area contributed by atoms with E-state index in [1.54, 1.807) is 24.3 Å².